The molecule has 6 nitrogen and oxygen atoms in total. The molecule has 1 aliphatic heterocycles. The molecule has 2 rings (SSSR count). The zero-order chi connectivity index (χ0) is 19.2. The first kappa shape index (κ1) is 20.5. The van der Waals surface area contributed by atoms with E-state index in [-0.39, 0.29) is 11.8 Å². The van der Waals surface area contributed by atoms with Crippen LogP contribution in [0.25, 0.3) is 0 Å². The van der Waals surface area contributed by atoms with E-state index < -0.39 is 5.41 Å². The number of morpholine rings is 1. The van der Waals surface area contributed by atoms with Gasteiger partial charge >= 0.3 is 0 Å². The summed E-state index contributed by atoms with van der Waals surface area (Å²) < 4.78 is 5.38. The van der Waals surface area contributed by atoms with Crippen LogP contribution in [0.2, 0.25) is 5.02 Å². The number of rotatable bonds is 6. The summed E-state index contributed by atoms with van der Waals surface area (Å²) in [6, 6.07) is 5.51. The van der Waals surface area contributed by atoms with Crippen LogP contribution >= 0.6 is 11.6 Å². The molecule has 2 amide bonds. The summed E-state index contributed by atoms with van der Waals surface area (Å²) in [6.07, 6.45) is 0.917. The van der Waals surface area contributed by atoms with Crippen LogP contribution in [0, 0.1) is 5.41 Å². The average molecular weight is 382 g/mol. The van der Waals surface area contributed by atoms with E-state index in [4.69, 9.17) is 16.3 Å². The molecule has 1 aromatic carbocycles. The molecule has 0 atom stereocenters. The van der Waals surface area contributed by atoms with Crippen LogP contribution in [0.15, 0.2) is 18.2 Å². The maximum Gasteiger partial charge on any atom is 0.225 e. The summed E-state index contributed by atoms with van der Waals surface area (Å²) in [7, 11) is 0. The topological polar surface area (TPSA) is 70.7 Å². The smallest absolute Gasteiger partial charge is 0.225 e. The number of halogens is 1. The van der Waals surface area contributed by atoms with E-state index >= 15 is 0 Å². The van der Waals surface area contributed by atoms with Gasteiger partial charge in [-0.15, -0.1) is 0 Å². The van der Waals surface area contributed by atoms with Crippen LogP contribution in [-0.2, 0) is 14.3 Å². The maximum absolute atomic E-state index is 12.3. The summed E-state index contributed by atoms with van der Waals surface area (Å²) in [5.74, 6) is -0.103. The highest BCUT2D eigenvalue weighted by Gasteiger charge is 2.21. The molecular weight excluding hydrogens is 354 g/mol. The molecule has 1 aliphatic rings. The second-order valence-electron chi connectivity index (χ2n) is 7.39. The molecule has 144 valence electrons. The maximum atomic E-state index is 12.3. The first-order valence-electron chi connectivity index (χ1n) is 8.98. The number of carbonyl (C=O) groups is 2. The summed E-state index contributed by atoms with van der Waals surface area (Å²) in [5.41, 5.74) is 1.13. The Hall–Kier alpha value is -1.79. The summed E-state index contributed by atoms with van der Waals surface area (Å²) in [5, 5.41) is 6.41. The molecule has 26 heavy (non-hydrogen) atoms. The van der Waals surface area contributed by atoms with Crippen molar-refractivity contribution in [1.29, 1.82) is 0 Å². The minimum Gasteiger partial charge on any atom is -0.378 e. The Morgan fingerprint density at radius 1 is 1.23 bits per heavy atom. The highest BCUT2D eigenvalue weighted by molar-refractivity contribution is 6.34. The number of para-hydroxylation sites is 1. The second-order valence-corrected chi connectivity index (χ2v) is 7.80. The van der Waals surface area contributed by atoms with Gasteiger partial charge in [-0.25, -0.2) is 0 Å². The van der Waals surface area contributed by atoms with Crippen LogP contribution < -0.4 is 15.5 Å². The molecule has 1 heterocycles. The third kappa shape index (κ3) is 5.88. The minimum absolute atomic E-state index is 0.0117. The van der Waals surface area contributed by atoms with Crippen molar-refractivity contribution < 1.29 is 14.3 Å². The lowest BCUT2D eigenvalue weighted by Crippen LogP contribution is -2.37. The molecule has 7 heteroatoms. The van der Waals surface area contributed by atoms with Gasteiger partial charge in [-0.2, -0.15) is 0 Å². The largest absolute Gasteiger partial charge is 0.378 e. The van der Waals surface area contributed by atoms with Crippen molar-refractivity contribution in [3.8, 4) is 0 Å². The Morgan fingerprint density at radius 3 is 2.58 bits per heavy atom. The third-order valence-electron chi connectivity index (χ3n) is 4.14. The standard InChI is InChI=1S/C19H28ClN3O3/c1-19(2,3)18(25)21-9-5-8-16(24)22-15-7-4-6-14(20)17(15)23-10-12-26-13-11-23/h4,6-7H,5,8-13H2,1-3H3,(H,21,25)(H,22,24). The Bertz CT molecular complexity index is 637. The average Bonchev–Trinajstić information content (AvgIpc) is 2.58. The second kappa shape index (κ2) is 9.24. The molecule has 0 bridgehead atoms. The van der Waals surface area contributed by atoms with Crippen molar-refractivity contribution in [1.82, 2.24) is 5.32 Å². The van der Waals surface area contributed by atoms with E-state index in [0.29, 0.717) is 43.3 Å². The molecule has 0 unspecified atom stereocenters. The zero-order valence-corrected chi connectivity index (χ0v) is 16.5. The number of hydrogen-bond donors (Lipinski definition) is 2. The van der Waals surface area contributed by atoms with Crippen molar-refractivity contribution in [3.05, 3.63) is 23.2 Å². The van der Waals surface area contributed by atoms with Gasteiger partial charge in [0.2, 0.25) is 11.8 Å². The monoisotopic (exact) mass is 381 g/mol. The number of amides is 2. The van der Waals surface area contributed by atoms with Gasteiger partial charge < -0.3 is 20.3 Å². The molecule has 2 N–H and O–H groups in total. The number of ether oxygens (including phenoxy) is 1. The Balaban J connectivity index is 1.89. The summed E-state index contributed by atoms with van der Waals surface area (Å²) in [4.78, 5) is 26.2. The van der Waals surface area contributed by atoms with Gasteiger partial charge in [0.25, 0.3) is 0 Å². The van der Waals surface area contributed by atoms with Crippen molar-refractivity contribution in [2.24, 2.45) is 5.41 Å². The SMILES string of the molecule is CC(C)(C)C(=O)NCCCC(=O)Nc1cccc(Cl)c1N1CCOCC1. The number of benzene rings is 1. The zero-order valence-electron chi connectivity index (χ0n) is 15.7. The predicted octanol–water partition coefficient (Wildman–Crippen LogP) is 3.06. The highest BCUT2D eigenvalue weighted by Crippen LogP contribution is 2.34. The van der Waals surface area contributed by atoms with E-state index in [1.165, 1.54) is 0 Å². The number of anilines is 2. The lowest BCUT2D eigenvalue weighted by atomic mass is 9.96. The molecular formula is C19H28ClN3O3. The Morgan fingerprint density at radius 2 is 1.92 bits per heavy atom. The van der Waals surface area contributed by atoms with Gasteiger partial charge in [0.1, 0.15) is 0 Å². The van der Waals surface area contributed by atoms with Crippen LogP contribution in [0.3, 0.4) is 0 Å². The van der Waals surface area contributed by atoms with E-state index in [0.717, 1.165) is 18.8 Å². The van der Waals surface area contributed by atoms with Crippen molar-refractivity contribution in [2.45, 2.75) is 33.6 Å². The minimum atomic E-state index is -0.421. The molecule has 1 aromatic rings. The van der Waals surface area contributed by atoms with Crippen molar-refractivity contribution in [3.63, 3.8) is 0 Å². The van der Waals surface area contributed by atoms with E-state index in [2.05, 4.69) is 15.5 Å². The van der Waals surface area contributed by atoms with Crippen LogP contribution in [0.5, 0.6) is 0 Å². The molecule has 1 saturated heterocycles. The predicted molar refractivity (Wildman–Crippen MR) is 105 cm³/mol. The summed E-state index contributed by atoms with van der Waals surface area (Å²) >= 11 is 6.37. The molecule has 0 aromatic heterocycles. The van der Waals surface area contributed by atoms with Gasteiger partial charge in [-0.1, -0.05) is 38.4 Å². The molecule has 0 radical (unpaired) electrons. The lowest BCUT2D eigenvalue weighted by Gasteiger charge is -2.31. The number of carbonyl (C=O) groups excluding carboxylic acids is 2. The molecule has 0 saturated carbocycles. The van der Waals surface area contributed by atoms with Gasteiger partial charge in [0.15, 0.2) is 0 Å². The fourth-order valence-corrected chi connectivity index (χ4v) is 2.95. The fraction of sp³-hybridized carbons (Fsp3) is 0.579. The molecule has 1 fully saturated rings. The number of nitrogens with zero attached hydrogens (tertiary/aromatic N) is 1. The van der Waals surface area contributed by atoms with Gasteiger partial charge in [0.05, 0.1) is 29.6 Å². The first-order valence-corrected chi connectivity index (χ1v) is 9.36. The first-order chi connectivity index (χ1) is 12.3. The van der Waals surface area contributed by atoms with E-state index in [1.54, 1.807) is 0 Å². The number of nitrogens with one attached hydrogen (secondary N) is 2. The normalized spacial score (nSPS) is 14.8. The van der Waals surface area contributed by atoms with Gasteiger partial charge in [-0.05, 0) is 18.6 Å². The van der Waals surface area contributed by atoms with Crippen LogP contribution in [0.4, 0.5) is 11.4 Å². The van der Waals surface area contributed by atoms with Crippen LogP contribution in [-0.4, -0.2) is 44.7 Å². The fourth-order valence-electron chi connectivity index (χ4n) is 2.65. The van der Waals surface area contributed by atoms with Gasteiger partial charge in [-0.3, -0.25) is 9.59 Å². The summed E-state index contributed by atoms with van der Waals surface area (Å²) in [6.45, 7) is 8.84. The van der Waals surface area contributed by atoms with E-state index in [9.17, 15) is 9.59 Å². The van der Waals surface area contributed by atoms with Gasteiger partial charge in [0, 0.05) is 31.5 Å². The third-order valence-corrected chi connectivity index (χ3v) is 4.44. The van der Waals surface area contributed by atoms with Crippen molar-refractivity contribution >= 4 is 34.8 Å². The Labute approximate surface area is 160 Å². The Kier molecular flexibility index (Phi) is 7.29. The van der Waals surface area contributed by atoms with Crippen LogP contribution in [0.1, 0.15) is 33.6 Å². The van der Waals surface area contributed by atoms with Crippen molar-refractivity contribution in [2.75, 3.05) is 43.1 Å². The quantitative estimate of drug-likeness (QED) is 0.743. The van der Waals surface area contributed by atoms with E-state index in [1.807, 2.05) is 39.0 Å². The molecule has 0 spiro atoms. The highest BCUT2D eigenvalue weighted by atomic mass is 35.5. The number of hydrogen-bond acceptors (Lipinski definition) is 4. The molecule has 0 aliphatic carbocycles. The lowest BCUT2D eigenvalue weighted by molar-refractivity contribution is -0.128.